The molecule has 6 heteroatoms. The first kappa shape index (κ1) is 28.5. The molecule has 0 heterocycles. The van der Waals surface area contributed by atoms with E-state index in [1.807, 2.05) is 48.5 Å². The highest BCUT2D eigenvalue weighted by atomic mass is 16.5. The summed E-state index contributed by atoms with van der Waals surface area (Å²) in [4.78, 5) is 23.0. The molecule has 0 bridgehead atoms. The number of carbonyl (C=O) groups excluding carboxylic acids is 1. The first-order valence-electron chi connectivity index (χ1n) is 13.1. The summed E-state index contributed by atoms with van der Waals surface area (Å²) in [5.41, 5.74) is 1.63. The molecule has 0 aliphatic rings. The molecule has 2 aromatic rings. The van der Waals surface area contributed by atoms with Crippen molar-refractivity contribution in [1.29, 1.82) is 0 Å². The maximum Gasteiger partial charge on any atom is 0.302 e. The molecule has 0 spiro atoms. The lowest BCUT2D eigenvalue weighted by Gasteiger charge is -2.20. The third-order valence-corrected chi connectivity index (χ3v) is 6.02. The van der Waals surface area contributed by atoms with Crippen molar-refractivity contribution in [1.82, 2.24) is 0 Å². The molecule has 0 fully saturated rings. The second kappa shape index (κ2) is 16.0. The van der Waals surface area contributed by atoms with Gasteiger partial charge in [0.2, 0.25) is 7.28 Å². The van der Waals surface area contributed by atoms with Gasteiger partial charge < -0.3 is 19.4 Å². The number of benzene rings is 2. The van der Waals surface area contributed by atoms with Crippen molar-refractivity contribution in [2.45, 2.75) is 84.6 Å². The molecule has 1 N–H and O–H groups in total. The van der Waals surface area contributed by atoms with Crippen molar-refractivity contribution in [3.05, 3.63) is 59.7 Å². The summed E-state index contributed by atoms with van der Waals surface area (Å²) in [5.74, 6) is 1.47. The zero-order valence-electron chi connectivity index (χ0n) is 21.6. The third kappa shape index (κ3) is 11.5. The Morgan fingerprint density at radius 2 is 1.57 bits per heavy atom. The molecule has 0 aliphatic heterocycles. The van der Waals surface area contributed by atoms with Crippen LogP contribution in [0.2, 0.25) is 6.32 Å². The molecule has 0 aliphatic carbocycles. The summed E-state index contributed by atoms with van der Waals surface area (Å²) in [6.45, 7) is 7.36. The van der Waals surface area contributed by atoms with E-state index in [4.69, 9.17) is 14.6 Å². The van der Waals surface area contributed by atoms with E-state index < -0.39 is 5.97 Å². The molecular formula is C29H41BO5. The molecule has 0 aromatic heterocycles. The number of ether oxygens (including phenoxy) is 2. The molecule has 190 valence electrons. The molecule has 2 rings (SSSR count). The van der Waals surface area contributed by atoms with E-state index in [9.17, 15) is 9.59 Å². The highest BCUT2D eigenvalue weighted by molar-refractivity contribution is 6.77. The Hall–Kier alpha value is -2.76. The van der Waals surface area contributed by atoms with Gasteiger partial charge in [0.25, 0.3) is 0 Å². The lowest BCUT2D eigenvalue weighted by molar-refractivity contribution is -0.136. The van der Waals surface area contributed by atoms with Gasteiger partial charge in [0, 0.05) is 12.0 Å². The monoisotopic (exact) mass is 480 g/mol. The van der Waals surface area contributed by atoms with Crippen LogP contribution in [0.25, 0.3) is 0 Å². The third-order valence-electron chi connectivity index (χ3n) is 6.02. The second-order valence-electron chi connectivity index (χ2n) is 9.60. The topological polar surface area (TPSA) is 72.8 Å². The second-order valence-corrected chi connectivity index (χ2v) is 9.60. The number of rotatable bonds is 18. The zero-order chi connectivity index (χ0) is 25.5. The predicted octanol–water partition coefficient (Wildman–Crippen LogP) is 7.06. The fraction of sp³-hybridized carbons (Fsp3) is 0.517. The van der Waals surface area contributed by atoms with Crippen LogP contribution >= 0.6 is 0 Å². The van der Waals surface area contributed by atoms with E-state index in [2.05, 4.69) is 20.8 Å². The number of hydrogen-bond acceptors (Lipinski definition) is 4. The minimum absolute atomic E-state index is 0.0132. The van der Waals surface area contributed by atoms with Gasteiger partial charge in [0.05, 0.1) is 6.61 Å². The van der Waals surface area contributed by atoms with Crippen LogP contribution in [-0.2, 0) is 4.79 Å². The van der Waals surface area contributed by atoms with Gasteiger partial charge in [-0.2, -0.15) is 0 Å². The Balaban J connectivity index is 1.99. The molecule has 1 atom stereocenters. The number of hydrogen-bond donors (Lipinski definition) is 1. The number of carboxylic acid groups (broad SMARTS) is 1. The number of carbonyl (C=O) groups is 2. The van der Waals surface area contributed by atoms with Crippen LogP contribution in [0.3, 0.4) is 0 Å². The first-order chi connectivity index (χ1) is 16.9. The number of unbranched alkanes of at least 4 members (excludes halogenated alkanes) is 3. The van der Waals surface area contributed by atoms with Gasteiger partial charge in [-0.25, -0.2) is 0 Å². The van der Waals surface area contributed by atoms with Gasteiger partial charge in [-0.1, -0.05) is 70.6 Å². The van der Waals surface area contributed by atoms with E-state index in [1.54, 1.807) is 0 Å². The highest BCUT2D eigenvalue weighted by Gasteiger charge is 2.15. The Morgan fingerprint density at radius 3 is 2.20 bits per heavy atom. The van der Waals surface area contributed by atoms with Crippen molar-refractivity contribution in [3.8, 4) is 11.5 Å². The quantitative estimate of drug-likeness (QED) is 0.183. The molecule has 5 nitrogen and oxygen atoms in total. The standard InChI is InChI=1S/C29H41BO5/c1-4-5-6-7-10-27(23-11-13-24(14-12-23)29(33)30-20-19-28(31)32)35-26-17-15-25(16-18-26)34-21-8-9-22(2)3/h11-18,22,27,30H,4-10,19-21H2,1-3H3,(H,31,32). The molecule has 35 heavy (non-hydrogen) atoms. The zero-order valence-corrected chi connectivity index (χ0v) is 21.6. The van der Waals surface area contributed by atoms with Crippen LogP contribution in [0.1, 0.15) is 94.2 Å². The summed E-state index contributed by atoms with van der Waals surface area (Å²) in [6.07, 6.45) is 8.02. The number of aliphatic carboxylic acids is 1. The molecule has 0 saturated heterocycles. The van der Waals surface area contributed by atoms with Crippen molar-refractivity contribution >= 4 is 18.9 Å². The van der Waals surface area contributed by atoms with E-state index in [-0.39, 0.29) is 25.5 Å². The van der Waals surface area contributed by atoms with Crippen LogP contribution in [0.15, 0.2) is 48.5 Å². The molecule has 0 amide bonds. The maximum atomic E-state index is 12.4. The molecular weight excluding hydrogens is 439 g/mol. The summed E-state index contributed by atoms with van der Waals surface area (Å²) < 4.78 is 12.2. The average molecular weight is 480 g/mol. The van der Waals surface area contributed by atoms with Crippen molar-refractivity contribution < 1.29 is 24.2 Å². The van der Waals surface area contributed by atoms with Gasteiger partial charge in [-0.05, 0) is 61.4 Å². The van der Waals surface area contributed by atoms with Gasteiger partial charge in [0.15, 0.2) is 0 Å². The van der Waals surface area contributed by atoms with Crippen molar-refractivity contribution in [2.24, 2.45) is 5.92 Å². The van der Waals surface area contributed by atoms with Gasteiger partial charge in [0.1, 0.15) is 23.3 Å². The van der Waals surface area contributed by atoms with Gasteiger partial charge in [-0.15, -0.1) is 0 Å². The Bertz CT molecular complexity index is 877. The highest BCUT2D eigenvalue weighted by Crippen LogP contribution is 2.29. The minimum Gasteiger partial charge on any atom is -0.494 e. The largest absolute Gasteiger partial charge is 0.494 e. The van der Waals surface area contributed by atoms with Crippen LogP contribution in [0.5, 0.6) is 11.5 Å². The molecule has 0 saturated carbocycles. The summed E-state index contributed by atoms with van der Waals surface area (Å²) >= 11 is 0. The van der Waals surface area contributed by atoms with Gasteiger partial charge >= 0.3 is 5.97 Å². The Morgan fingerprint density at radius 1 is 0.886 bits per heavy atom. The lowest BCUT2D eigenvalue weighted by Crippen LogP contribution is -2.12. The Kier molecular flexibility index (Phi) is 13.0. The predicted molar refractivity (Wildman–Crippen MR) is 143 cm³/mol. The average Bonchev–Trinajstić information content (AvgIpc) is 2.84. The van der Waals surface area contributed by atoms with Crippen LogP contribution in [-0.4, -0.2) is 30.6 Å². The fourth-order valence-electron chi connectivity index (χ4n) is 3.94. The van der Waals surface area contributed by atoms with Crippen molar-refractivity contribution in [2.75, 3.05) is 6.61 Å². The smallest absolute Gasteiger partial charge is 0.302 e. The lowest BCUT2D eigenvalue weighted by atomic mass is 9.66. The summed E-state index contributed by atoms with van der Waals surface area (Å²) in [7, 11) is 0.245. The van der Waals surface area contributed by atoms with E-state index in [0.29, 0.717) is 17.8 Å². The molecule has 1 unspecified atom stereocenters. The van der Waals surface area contributed by atoms with E-state index >= 15 is 0 Å². The minimum atomic E-state index is -0.873. The maximum absolute atomic E-state index is 12.4. The Labute approximate surface area is 211 Å². The molecule has 2 aromatic carbocycles. The fourth-order valence-corrected chi connectivity index (χ4v) is 3.94. The first-order valence-corrected chi connectivity index (χ1v) is 13.1. The van der Waals surface area contributed by atoms with Crippen LogP contribution < -0.4 is 9.47 Å². The SMILES string of the molecule is CCCCCCC(Oc1ccc(OCCCC(C)C)cc1)c1ccc(C(=O)BCCC(=O)O)cc1. The normalized spacial score (nSPS) is 11.8. The molecule has 0 radical (unpaired) electrons. The van der Waals surface area contributed by atoms with Gasteiger partial charge in [-0.3, -0.25) is 4.79 Å². The number of carboxylic acids is 1. The van der Waals surface area contributed by atoms with E-state index in [1.165, 1.54) is 19.3 Å². The van der Waals surface area contributed by atoms with Crippen LogP contribution in [0, 0.1) is 5.92 Å². The van der Waals surface area contributed by atoms with E-state index in [0.717, 1.165) is 49.4 Å². The van der Waals surface area contributed by atoms with Crippen molar-refractivity contribution in [3.63, 3.8) is 0 Å². The summed E-state index contributed by atoms with van der Waals surface area (Å²) in [6, 6.07) is 15.4. The summed E-state index contributed by atoms with van der Waals surface area (Å²) in [5, 5.41) is 8.77. The van der Waals surface area contributed by atoms with Crippen LogP contribution in [0.4, 0.5) is 0 Å².